The molecule has 39 heavy (non-hydrogen) atoms. The Bertz CT molecular complexity index is 1940. The summed E-state index contributed by atoms with van der Waals surface area (Å²) in [6, 6.07) is 13.3. The van der Waals surface area contributed by atoms with E-state index in [4.69, 9.17) is 5.73 Å². The zero-order valence-corrected chi connectivity index (χ0v) is 20.3. The summed E-state index contributed by atoms with van der Waals surface area (Å²) in [5.74, 6) is -0.316. The Hall–Kier alpha value is -5.20. The van der Waals surface area contributed by atoms with Gasteiger partial charge in [0, 0.05) is 11.8 Å². The third-order valence-electron chi connectivity index (χ3n) is 6.34. The van der Waals surface area contributed by atoms with E-state index in [-0.39, 0.29) is 46.0 Å². The molecule has 196 valence electrons. The van der Waals surface area contributed by atoms with Gasteiger partial charge in [-0.15, -0.1) is 0 Å². The van der Waals surface area contributed by atoms with Crippen LogP contribution < -0.4 is 11.3 Å². The molecule has 0 aliphatic heterocycles. The quantitative estimate of drug-likeness (QED) is 0.352. The van der Waals surface area contributed by atoms with Gasteiger partial charge < -0.3 is 10.8 Å². The molecule has 0 unspecified atom stereocenters. The van der Waals surface area contributed by atoms with Crippen LogP contribution in [0.3, 0.4) is 0 Å². The predicted molar refractivity (Wildman–Crippen MR) is 136 cm³/mol. The van der Waals surface area contributed by atoms with Gasteiger partial charge in [0.1, 0.15) is 35.7 Å². The van der Waals surface area contributed by atoms with Crippen LogP contribution in [0.4, 0.5) is 19.0 Å². The van der Waals surface area contributed by atoms with Crippen LogP contribution in [-0.2, 0) is 12.7 Å². The molecule has 0 atom stereocenters. The number of anilines is 1. The van der Waals surface area contributed by atoms with Gasteiger partial charge in [-0.25, -0.2) is 19.2 Å². The van der Waals surface area contributed by atoms with Gasteiger partial charge in [0.25, 0.3) is 5.56 Å². The number of phenols is 1. The second-order valence-corrected chi connectivity index (χ2v) is 8.91. The second kappa shape index (κ2) is 8.68. The number of nitrogens with zero attached hydrogens (tertiary/aromatic N) is 7. The Kier molecular flexibility index (Phi) is 5.38. The van der Waals surface area contributed by atoms with Gasteiger partial charge in [0.2, 0.25) is 0 Å². The number of nitrogens with two attached hydrogens (primary N) is 1. The normalized spacial score (nSPS) is 12.0. The standard InChI is InChI=1S/C26H19F3N8O2/c1-14-7-8-35-22(14)25(39)37(17-5-3-2-4-6-17)19(33-35)12-36-24-20(23(30)31-13-32-24)21(34-36)15-9-16(26(27,28)29)11-18(38)10-15/h2-11,13,38H,12H2,1H3,(H2,30,31,32). The Morgan fingerprint density at radius 2 is 1.79 bits per heavy atom. The van der Waals surface area contributed by atoms with Crippen molar-refractivity contribution in [2.75, 3.05) is 5.73 Å². The van der Waals surface area contributed by atoms with Gasteiger partial charge in [0.05, 0.1) is 16.6 Å². The van der Waals surface area contributed by atoms with Crippen molar-refractivity contribution in [1.82, 2.24) is 33.9 Å². The van der Waals surface area contributed by atoms with Crippen LogP contribution in [0.15, 0.2) is 71.9 Å². The molecule has 10 nitrogen and oxygen atoms in total. The number of aromatic hydroxyl groups is 1. The molecular weight excluding hydrogens is 513 g/mol. The number of hydrogen-bond acceptors (Lipinski definition) is 7. The molecule has 0 aliphatic rings. The van der Waals surface area contributed by atoms with Gasteiger partial charge in [-0.05, 0) is 48.9 Å². The highest BCUT2D eigenvalue weighted by Crippen LogP contribution is 2.37. The maximum absolute atomic E-state index is 13.6. The Labute approximate surface area is 217 Å². The molecule has 0 bridgehead atoms. The second-order valence-electron chi connectivity index (χ2n) is 8.91. The van der Waals surface area contributed by atoms with E-state index in [1.54, 1.807) is 36.5 Å². The fourth-order valence-corrected chi connectivity index (χ4v) is 4.59. The van der Waals surface area contributed by atoms with Crippen LogP contribution in [0, 0.1) is 6.92 Å². The molecule has 0 radical (unpaired) electrons. The van der Waals surface area contributed by atoms with E-state index in [1.165, 1.54) is 20.1 Å². The minimum atomic E-state index is -4.70. The van der Waals surface area contributed by atoms with Crippen LogP contribution in [0.5, 0.6) is 5.75 Å². The summed E-state index contributed by atoms with van der Waals surface area (Å²) in [5.41, 5.74) is 6.71. The Balaban J connectivity index is 1.59. The van der Waals surface area contributed by atoms with Crippen molar-refractivity contribution in [2.24, 2.45) is 0 Å². The number of aryl methyl sites for hydroxylation is 1. The van der Waals surface area contributed by atoms with Gasteiger partial charge in [-0.1, -0.05) is 18.2 Å². The van der Waals surface area contributed by atoms with Gasteiger partial charge in [-0.3, -0.25) is 9.36 Å². The highest BCUT2D eigenvalue weighted by atomic mass is 19.4. The summed E-state index contributed by atoms with van der Waals surface area (Å²) >= 11 is 0. The average molecular weight is 532 g/mol. The number of fused-ring (bicyclic) bond motifs is 2. The maximum atomic E-state index is 13.6. The van der Waals surface area contributed by atoms with E-state index in [9.17, 15) is 23.1 Å². The first-order valence-electron chi connectivity index (χ1n) is 11.7. The summed E-state index contributed by atoms with van der Waals surface area (Å²) < 4.78 is 44.8. The summed E-state index contributed by atoms with van der Waals surface area (Å²) in [6.45, 7) is 1.72. The van der Waals surface area contributed by atoms with Crippen molar-refractivity contribution in [3.63, 3.8) is 0 Å². The number of alkyl halides is 3. The summed E-state index contributed by atoms with van der Waals surface area (Å²) in [5, 5.41) is 19.4. The number of nitrogen functional groups attached to an aromatic ring is 1. The molecule has 13 heteroatoms. The molecule has 3 N–H and O–H groups in total. The van der Waals surface area contributed by atoms with Crippen LogP contribution >= 0.6 is 0 Å². The predicted octanol–water partition coefficient (Wildman–Crippen LogP) is 3.96. The van der Waals surface area contributed by atoms with Gasteiger partial charge in [0.15, 0.2) is 11.5 Å². The molecule has 0 aliphatic carbocycles. The minimum Gasteiger partial charge on any atom is -0.508 e. The lowest BCUT2D eigenvalue weighted by molar-refractivity contribution is -0.137. The van der Waals surface area contributed by atoms with E-state index in [0.29, 0.717) is 17.3 Å². The smallest absolute Gasteiger partial charge is 0.416 e. The Morgan fingerprint density at radius 1 is 1.03 bits per heavy atom. The minimum absolute atomic E-state index is 0.0111. The Morgan fingerprint density at radius 3 is 2.54 bits per heavy atom. The number of aromatic nitrogens is 7. The van der Waals surface area contributed by atoms with Crippen molar-refractivity contribution < 1.29 is 18.3 Å². The zero-order chi connectivity index (χ0) is 27.5. The van der Waals surface area contributed by atoms with Crippen molar-refractivity contribution in [3.8, 4) is 22.7 Å². The van der Waals surface area contributed by atoms with E-state index in [1.807, 2.05) is 13.0 Å². The molecule has 6 rings (SSSR count). The van der Waals surface area contributed by atoms with Crippen molar-refractivity contribution in [3.05, 3.63) is 94.4 Å². The first kappa shape index (κ1) is 24.2. The molecule has 4 aromatic heterocycles. The average Bonchev–Trinajstić information content (AvgIpc) is 3.45. The highest BCUT2D eigenvalue weighted by Gasteiger charge is 2.32. The van der Waals surface area contributed by atoms with Crippen LogP contribution in [0.2, 0.25) is 0 Å². The first-order chi connectivity index (χ1) is 18.6. The number of benzene rings is 2. The topological polar surface area (TPSA) is 129 Å². The third kappa shape index (κ3) is 4.04. The summed E-state index contributed by atoms with van der Waals surface area (Å²) in [4.78, 5) is 21.9. The number of hydrogen-bond donors (Lipinski definition) is 2. The van der Waals surface area contributed by atoms with E-state index < -0.39 is 17.5 Å². The molecule has 2 aromatic carbocycles. The summed E-state index contributed by atoms with van der Waals surface area (Å²) in [6.07, 6.45) is -1.82. The fourth-order valence-electron chi connectivity index (χ4n) is 4.59. The van der Waals surface area contributed by atoms with Gasteiger partial charge >= 0.3 is 6.18 Å². The zero-order valence-electron chi connectivity index (χ0n) is 20.3. The highest BCUT2D eigenvalue weighted by molar-refractivity contribution is 5.98. The van der Waals surface area contributed by atoms with Crippen LogP contribution in [0.1, 0.15) is 17.0 Å². The van der Waals surface area contributed by atoms with Crippen molar-refractivity contribution >= 4 is 22.4 Å². The van der Waals surface area contributed by atoms with E-state index in [2.05, 4.69) is 20.2 Å². The molecule has 0 amide bonds. The molecule has 6 aromatic rings. The number of rotatable bonds is 4. The van der Waals surface area contributed by atoms with Crippen molar-refractivity contribution in [1.29, 1.82) is 0 Å². The molecule has 0 spiro atoms. The lowest BCUT2D eigenvalue weighted by Crippen LogP contribution is -2.28. The monoisotopic (exact) mass is 532 g/mol. The first-order valence-corrected chi connectivity index (χ1v) is 11.7. The number of para-hydroxylation sites is 1. The van der Waals surface area contributed by atoms with E-state index >= 15 is 0 Å². The summed E-state index contributed by atoms with van der Waals surface area (Å²) in [7, 11) is 0. The maximum Gasteiger partial charge on any atom is 0.416 e. The molecular formula is C26H19F3N8O2. The van der Waals surface area contributed by atoms with Crippen LogP contribution in [0.25, 0.3) is 33.5 Å². The number of halogens is 3. The molecule has 0 fully saturated rings. The SMILES string of the molecule is Cc1ccn2nc(Cn3nc(-c4cc(O)cc(C(F)(F)F)c4)c4c(N)ncnc43)n(-c3ccccc3)c(=O)c12. The van der Waals surface area contributed by atoms with E-state index in [0.717, 1.165) is 17.7 Å². The molecule has 0 saturated carbocycles. The third-order valence-corrected chi connectivity index (χ3v) is 6.34. The lowest BCUT2D eigenvalue weighted by atomic mass is 10.1. The van der Waals surface area contributed by atoms with Crippen LogP contribution in [-0.4, -0.2) is 39.0 Å². The fraction of sp³-hybridized carbons (Fsp3) is 0.115. The van der Waals surface area contributed by atoms with Crippen molar-refractivity contribution in [2.45, 2.75) is 19.6 Å². The molecule has 0 saturated heterocycles. The molecule has 4 heterocycles. The van der Waals surface area contributed by atoms with Gasteiger partial charge in [-0.2, -0.15) is 23.4 Å². The largest absolute Gasteiger partial charge is 0.508 e. The lowest BCUT2D eigenvalue weighted by Gasteiger charge is -2.13. The number of phenolic OH excluding ortho intramolecular Hbond substituents is 1.